The van der Waals surface area contributed by atoms with E-state index in [1.807, 2.05) is 11.8 Å². The number of fused-ring (bicyclic) bond motifs is 2. The van der Waals surface area contributed by atoms with E-state index in [4.69, 9.17) is 0 Å². The third-order valence-electron chi connectivity index (χ3n) is 4.75. The van der Waals surface area contributed by atoms with Crippen LogP contribution in [0.15, 0.2) is 33.3 Å². The molecule has 0 saturated heterocycles. The van der Waals surface area contributed by atoms with E-state index in [9.17, 15) is 18.0 Å². The van der Waals surface area contributed by atoms with Gasteiger partial charge in [0.2, 0.25) is 0 Å². The van der Waals surface area contributed by atoms with Gasteiger partial charge < -0.3 is 0 Å². The normalized spacial score (nSPS) is 19.7. The number of pyridine rings is 1. The second-order valence-electron chi connectivity index (χ2n) is 6.57. The van der Waals surface area contributed by atoms with Crippen molar-refractivity contribution >= 4 is 22.0 Å². The summed E-state index contributed by atoms with van der Waals surface area (Å²) in [5.74, 6) is 0.482. The van der Waals surface area contributed by atoms with E-state index in [1.165, 1.54) is 10.9 Å². The third kappa shape index (κ3) is 3.27. The van der Waals surface area contributed by atoms with Gasteiger partial charge in [-0.25, -0.2) is 9.66 Å². The zero-order valence-electron chi connectivity index (χ0n) is 14.2. The van der Waals surface area contributed by atoms with E-state index >= 15 is 0 Å². The van der Waals surface area contributed by atoms with Crippen molar-refractivity contribution in [3.8, 4) is 0 Å². The van der Waals surface area contributed by atoms with Gasteiger partial charge >= 0.3 is 6.18 Å². The van der Waals surface area contributed by atoms with Gasteiger partial charge in [-0.2, -0.15) is 13.2 Å². The van der Waals surface area contributed by atoms with E-state index in [0.717, 1.165) is 17.8 Å². The molecular weight excluding hydrogens is 427 g/mol. The minimum atomic E-state index is -4.42. The molecule has 10 heteroatoms. The lowest BCUT2D eigenvalue weighted by Crippen LogP contribution is -2.51. The van der Waals surface area contributed by atoms with Crippen LogP contribution in [0.25, 0.3) is 6.08 Å². The number of nitrogens with zero attached hydrogens (tertiary/aromatic N) is 4. The topological polar surface area (TPSA) is 63.1 Å². The van der Waals surface area contributed by atoms with Gasteiger partial charge in [0.25, 0.3) is 5.56 Å². The van der Waals surface area contributed by atoms with Crippen molar-refractivity contribution in [3.63, 3.8) is 0 Å². The maximum Gasteiger partial charge on any atom is 0.417 e. The standard InChI is InChI=1S/C17H15BrF3N5O/c1-9-4-14-23-7-12(18)16(27)26(14)24-15(9)25-3-2-13-10(8-25)5-11(6-22-13)17(19,20)21/h4-7,15,24H,2-3,8H2,1H3. The second-order valence-corrected chi connectivity index (χ2v) is 7.43. The van der Waals surface area contributed by atoms with Crippen LogP contribution in [0.5, 0.6) is 0 Å². The first-order chi connectivity index (χ1) is 12.7. The number of halogens is 4. The number of hydrogen-bond acceptors (Lipinski definition) is 5. The zero-order chi connectivity index (χ0) is 19.3. The highest BCUT2D eigenvalue weighted by Gasteiger charge is 2.34. The molecule has 0 saturated carbocycles. The summed E-state index contributed by atoms with van der Waals surface area (Å²) in [4.78, 5) is 22.5. The number of hydrogen-bond donors (Lipinski definition) is 1. The van der Waals surface area contributed by atoms with Crippen molar-refractivity contribution in [2.75, 3.05) is 12.0 Å². The predicted molar refractivity (Wildman–Crippen MR) is 96.3 cm³/mol. The molecular formula is C17H15BrF3N5O. The molecule has 0 radical (unpaired) electrons. The maximum atomic E-state index is 13.0. The Kier molecular flexibility index (Phi) is 4.34. The summed E-state index contributed by atoms with van der Waals surface area (Å²) in [7, 11) is 0. The molecule has 0 aromatic carbocycles. The molecule has 142 valence electrons. The van der Waals surface area contributed by atoms with Crippen molar-refractivity contribution in [2.45, 2.75) is 32.2 Å². The first-order valence-corrected chi connectivity index (χ1v) is 9.04. The molecule has 6 nitrogen and oxygen atoms in total. The predicted octanol–water partition coefficient (Wildman–Crippen LogP) is 2.76. The monoisotopic (exact) mass is 441 g/mol. The summed E-state index contributed by atoms with van der Waals surface area (Å²) in [6, 6.07) is 1.16. The molecule has 1 atom stereocenters. The van der Waals surface area contributed by atoms with Crippen LogP contribution < -0.4 is 11.0 Å². The van der Waals surface area contributed by atoms with Gasteiger partial charge in [-0.05, 0) is 46.1 Å². The van der Waals surface area contributed by atoms with Crippen LogP contribution in [-0.2, 0) is 19.1 Å². The van der Waals surface area contributed by atoms with Crippen molar-refractivity contribution < 1.29 is 13.2 Å². The van der Waals surface area contributed by atoms with Gasteiger partial charge in [0.05, 0.1) is 5.56 Å². The Hall–Kier alpha value is -2.20. The molecule has 1 unspecified atom stereocenters. The van der Waals surface area contributed by atoms with Crippen LogP contribution in [-0.4, -0.2) is 32.3 Å². The molecule has 2 aromatic heterocycles. The highest BCUT2D eigenvalue weighted by molar-refractivity contribution is 9.10. The zero-order valence-corrected chi connectivity index (χ0v) is 15.8. The Balaban J connectivity index is 1.64. The molecule has 2 aromatic rings. The molecule has 2 aliphatic heterocycles. The molecule has 4 heterocycles. The van der Waals surface area contributed by atoms with Crippen molar-refractivity contribution in [2.24, 2.45) is 0 Å². The number of rotatable bonds is 1. The SMILES string of the molecule is CC1=Cc2ncc(Br)c(=O)n2NC1N1CCc2ncc(C(F)(F)F)cc2C1. The highest BCUT2D eigenvalue weighted by Crippen LogP contribution is 2.32. The number of aromatic nitrogens is 3. The quantitative estimate of drug-likeness (QED) is 0.736. The molecule has 4 rings (SSSR count). The average Bonchev–Trinajstić information content (AvgIpc) is 2.63. The van der Waals surface area contributed by atoms with Gasteiger partial charge in [0.1, 0.15) is 10.6 Å². The molecule has 27 heavy (non-hydrogen) atoms. The number of alkyl halides is 3. The van der Waals surface area contributed by atoms with Crippen molar-refractivity contribution in [1.82, 2.24) is 19.5 Å². The molecule has 2 aliphatic rings. The molecule has 1 N–H and O–H groups in total. The summed E-state index contributed by atoms with van der Waals surface area (Å²) in [6.07, 6.45) is -0.0763. The fraction of sp³-hybridized carbons (Fsp3) is 0.353. The van der Waals surface area contributed by atoms with Crippen LogP contribution in [0.4, 0.5) is 13.2 Å². The highest BCUT2D eigenvalue weighted by atomic mass is 79.9. The summed E-state index contributed by atoms with van der Waals surface area (Å²) in [5.41, 5.74) is 4.26. The first kappa shape index (κ1) is 18.2. The van der Waals surface area contributed by atoms with E-state index < -0.39 is 11.7 Å². The van der Waals surface area contributed by atoms with E-state index in [1.54, 1.807) is 6.08 Å². The van der Waals surface area contributed by atoms with Gasteiger partial charge in [-0.1, -0.05) is 0 Å². The largest absolute Gasteiger partial charge is 0.417 e. The number of nitrogens with one attached hydrogen (secondary N) is 1. The van der Waals surface area contributed by atoms with Crippen LogP contribution in [0, 0.1) is 0 Å². The Morgan fingerprint density at radius 2 is 2.07 bits per heavy atom. The van der Waals surface area contributed by atoms with Crippen molar-refractivity contribution in [3.05, 3.63) is 61.5 Å². The maximum absolute atomic E-state index is 13.0. The van der Waals surface area contributed by atoms with Crippen molar-refractivity contribution in [1.29, 1.82) is 0 Å². The van der Waals surface area contributed by atoms with E-state index in [2.05, 4.69) is 31.3 Å². The minimum absolute atomic E-state index is 0.271. The lowest BCUT2D eigenvalue weighted by atomic mass is 10.0. The summed E-state index contributed by atoms with van der Waals surface area (Å²) >= 11 is 3.17. The molecule has 0 amide bonds. The first-order valence-electron chi connectivity index (χ1n) is 8.25. The Morgan fingerprint density at radius 1 is 1.30 bits per heavy atom. The molecule has 0 aliphatic carbocycles. The lowest BCUT2D eigenvalue weighted by molar-refractivity contribution is -0.137. The summed E-state index contributed by atoms with van der Waals surface area (Å²) in [5, 5.41) is 0. The smallest absolute Gasteiger partial charge is 0.300 e. The summed E-state index contributed by atoms with van der Waals surface area (Å²) in [6.45, 7) is 2.82. The van der Waals surface area contributed by atoms with E-state index in [0.29, 0.717) is 41.1 Å². The Bertz CT molecular complexity index is 1000. The van der Waals surface area contributed by atoms with Gasteiger partial charge in [-0.3, -0.25) is 20.1 Å². The molecule has 0 spiro atoms. The second kappa shape index (κ2) is 6.45. The minimum Gasteiger partial charge on any atom is -0.300 e. The Morgan fingerprint density at radius 3 is 2.81 bits per heavy atom. The fourth-order valence-corrected chi connectivity index (χ4v) is 3.65. The lowest BCUT2D eigenvalue weighted by Gasteiger charge is -2.38. The molecule has 0 fully saturated rings. The van der Waals surface area contributed by atoms with Gasteiger partial charge in [0.15, 0.2) is 5.82 Å². The van der Waals surface area contributed by atoms with Crippen LogP contribution in [0.2, 0.25) is 0 Å². The fourth-order valence-electron chi connectivity index (χ4n) is 3.37. The van der Waals surface area contributed by atoms with Gasteiger partial charge in [0, 0.05) is 37.6 Å². The molecule has 0 bridgehead atoms. The Labute approximate surface area is 160 Å². The van der Waals surface area contributed by atoms with E-state index in [-0.39, 0.29) is 11.7 Å². The van der Waals surface area contributed by atoms with Crippen LogP contribution in [0.1, 0.15) is 29.6 Å². The van der Waals surface area contributed by atoms with Crippen LogP contribution in [0.3, 0.4) is 0 Å². The summed E-state index contributed by atoms with van der Waals surface area (Å²) < 4.78 is 40.7. The van der Waals surface area contributed by atoms with Crippen LogP contribution >= 0.6 is 15.9 Å². The third-order valence-corrected chi connectivity index (χ3v) is 5.29. The average molecular weight is 442 g/mol. The van der Waals surface area contributed by atoms with Gasteiger partial charge in [-0.15, -0.1) is 0 Å².